The topological polar surface area (TPSA) is 320 Å². The van der Waals surface area contributed by atoms with E-state index in [9.17, 15) is 28.8 Å². The maximum atomic E-state index is 12.3. The number of aromatic nitrogens is 10. The second kappa shape index (κ2) is 36.0. The van der Waals surface area contributed by atoms with E-state index in [2.05, 4.69) is 116 Å². The number of ether oxygens (including phenoxy) is 2. The molecule has 3 aliphatic rings. The molecule has 10 aromatic rings. The summed E-state index contributed by atoms with van der Waals surface area (Å²) in [6.45, 7) is 17.5. The summed E-state index contributed by atoms with van der Waals surface area (Å²) in [5.41, 5.74) is 13.4. The Balaban J connectivity index is 0.000000179. The molecule has 2 saturated carbocycles. The minimum Gasteiger partial charge on any atom is -0.446 e. The minimum absolute atomic E-state index is 0. The lowest BCUT2D eigenvalue weighted by molar-refractivity contribution is -0.115. The van der Waals surface area contributed by atoms with Gasteiger partial charge >= 0.3 is 19.3 Å². The number of fused-ring (bicyclic) bond motifs is 4. The SMILES string of the molecule is C.CC(=O)Cl.CC(=O)Nc1cn2cc(-c3cnc(C)c(NC(=O)OC4CCCCC4)c3)ccc2n1.CC(=O)Nc1cn2cc(B3OC(C)(C)C(C)(C)O3)ccc2n1.CC(=O)Nc1cn2cc(Br)ccc2n1.Cc1ncc(Br)cc1NC(=O)OC1CCCCC1.Nc1cn2cc(Br)ccc2n1. The number of anilines is 6. The van der Waals surface area contributed by atoms with Crippen LogP contribution in [0.5, 0.6) is 0 Å². The highest BCUT2D eigenvalue weighted by Gasteiger charge is 2.52. The molecule has 530 valence electrons. The summed E-state index contributed by atoms with van der Waals surface area (Å²) in [7, 11) is -0.416. The van der Waals surface area contributed by atoms with Gasteiger partial charge in [-0.25, -0.2) is 29.5 Å². The number of nitrogens with two attached hydrogens (primary N) is 1. The number of aryl methyl sites for hydroxylation is 2. The molecule has 13 rings (SSSR count). The Hall–Kier alpha value is -8.81. The Morgan fingerprint density at radius 1 is 0.510 bits per heavy atom. The van der Waals surface area contributed by atoms with Crippen molar-refractivity contribution in [2.75, 3.05) is 32.3 Å². The average molecular weight is 1580 g/mol. The maximum absolute atomic E-state index is 12.3. The largest absolute Gasteiger partial charge is 0.496 e. The van der Waals surface area contributed by atoms with Gasteiger partial charge in [-0.3, -0.25) is 39.8 Å². The Morgan fingerprint density at radius 2 is 0.900 bits per heavy atom. The summed E-state index contributed by atoms with van der Waals surface area (Å²) in [4.78, 5) is 92.0. The molecule has 11 heterocycles. The Kier molecular flexibility index (Phi) is 28.3. The first-order valence-corrected chi connectivity index (χ1v) is 34.6. The molecule has 26 nitrogen and oxygen atoms in total. The minimum atomic E-state index is -0.436. The number of carbonyl (C=O) groups is 6. The smallest absolute Gasteiger partial charge is 0.446 e. The van der Waals surface area contributed by atoms with E-state index in [4.69, 9.17) is 24.5 Å². The van der Waals surface area contributed by atoms with Gasteiger partial charge in [0.2, 0.25) is 23.0 Å². The lowest BCUT2D eigenvalue weighted by Crippen LogP contribution is -2.41. The summed E-state index contributed by atoms with van der Waals surface area (Å²) < 4.78 is 33.3. The Morgan fingerprint density at radius 3 is 1.36 bits per heavy atom. The van der Waals surface area contributed by atoms with Crippen molar-refractivity contribution in [3.63, 3.8) is 0 Å². The molecule has 100 heavy (non-hydrogen) atoms. The number of nitrogen functional groups attached to an aromatic ring is 1. The van der Waals surface area contributed by atoms with Crippen molar-refractivity contribution in [3.05, 3.63) is 147 Å². The highest BCUT2D eigenvalue weighted by atomic mass is 79.9. The van der Waals surface area contributed by atoms with Crippen molar-refractivity contribution in [2.45, 2.75) is 164 Å². The number of halogens is 4. The summed E-state index contributed by atoms with van der Waals surface area (Å²) >= 11 is 14.7. The number of hydrogen-bond acceptors (Lipinski definition) is 17. The van der Waals surface area contributed by atoms with Crippen LogP contribution in [0.25, 0.3) is 33.7 Å². The molecular weight excluding hydrogens is 1500 g/mol. The number of carbonyl (C=O) groups excluding carboxylic acids is 6. The van der Waals surface area contributed by atoms with Gasteiger partial charge in [0, 0.05) is 89.4 Å². The second-order valence-corrected chi connectivity index (χ2v) is 27.8. The van der Waals surface area contributed by atoms with E-state index in [1.165, 1.54) is 40.5 Å². The third-order valence-electron chi connectivity index (χ3n) is 15.8. The van der Waals surface area contributed by atoms with Gasteiger partial charge in [-0.2, -0.15) is 0 Å². The van der Waals surface area contributed by atoms with Gasteiger partial charge < -0.3 is 58.1 Å². The first-order chi connectivity index (χ1) is 46.9. The predicted octanol–water partition coefficient (Wildman–Crippen LogP) is 15.3. The van der Waals surface area contributed by atoms with Crippen molar-refractivity contribution in [1.29, 1.82) is 0 Å². The lowest BCUT2D eigenvalue weighted by Gasteiger charge is -2.32. The van der Waals surface area contributed by atoms with Gasteiger partial charge in [-0.1, -0.05) is 26.3 Å². The highest BCUT2D eigenvalue weighted by Crippen LogP contribution is 2.37. The molecule has 1 saturated heterocycles. The summed E-state index contributed by atoms with van der Waals surface area (Å²) in [5, 5.41) is 13.2. The zero-order valence-electron chi connectivity index (χ0n) is 56.5. The van der Waals surface area contributed by atoms with Crippen LogP contribution >= 0.6 is 59.4 Å². The quantitative estimate of drug-likeness (QED) is 0.0578. The van der Waals surface area contributed by atoms with Crippen molar-refractivity contribution in [1.82, 2.24) is 47.5 Å². The van der Waals surface area contributed by atoms with E-state index in [0.717, 1.165) is 115 Å². The molecule has 0 unspecified atom stereocenters. The molecule has 10 aromatic heterocycles. The molecular formula is C69H83BBr3ClN16O10. The number of amides is 5. The third kappa shape index (κ3) is 23.4. The summed E-state index contributed by atoms with van der Waals surface area (Å²) in [5.74, 6) is 1.70. The van der Waals surface area contributed by atoms with E-state index in [0.29, 0.717) is 34.6 Å². The lowest BCUT2D eigenvalue weighted by atomic mass is 9.80. The van der Waals surface area contributed by atoms with E-state index in [-0.39, 0.29) is 59.9 Å². The van der Waals surface area contributed by atoms with Crippen molar-refractivity contribution < 1.29 is 47.5 Å². The van der Waals surface area contributed by atoms with Crippen molar-refractivity contribution in [3.8, 4) is 11.1 Å². The fourth-order valence-electron chi connectivity index (χ4n) is 10.4. The van der Waals surface area contributed by atoms with E-state index >= 15 is 0 Å². The third-order valence-corrected chi connectivity index (χ3v) is 17.2. The van der Waals surface area contributed by atoms with Gasteiger partial charge in [0.15, 0.2) is 17.5 Å². The number of pyridine rings is 6. The van der Waals surface area contributed by atoms with Crippen molar-refractivity contribution in [2.24, 2.45) is 0 Å². The van der Waals surface area contributed by atoms with Crippen LogP contribution in [0.3, 0.4) is 0 Å². The van der Waals surface area contributed by atoms with Crippen LogP contribution in [-0.4, -0.2) is 113 Å². The van der Waals surface area contributed by atoms with Crippen LogP contribution in [0.15, 0.2) is 136 Å². The molecule has 0 spiro atoms. The summed E-state index contributed by atoms with van der Waals surface area (Å²) in [6, 6.07) is 18.9. The maximum Gasteiger partial charge on any atom is 0.496 e. The molecule has 3 fully saturated rings. The number of hydrogen-bond donors (Lipinski definition) is 6. The van der Waals surface area contributed by atoms with Crippen LogP contribution < -0.4 is 37.8 Å². The van der Waals surface area contributed by atoms with E-state index in [1.54, 1.807) is 37.2 Å². The number of rotatable bonds is 9. The second-order valence-electron chi connectivity index (χ2n) is 24.5. The van der Waals surface area contributed by atoms with E-state index < -0.39 is 13.2 Å². The van der Waals surface area contributed by atoms with Crippen LogP contribution in [-0.2, 0) is 38.0 Å². The number of nitrogens with zero attached hydrogens (tertiary/aromatic N) is 10. The van der Waals surface area contributed by atoms with Gasteiger partial charge in [-0.15, -0.1) is 0 Å². The summed E-state index contributed by atoms with van der Waals surface area (Å²) in [6.07, 6.45) is 28.2. The zero-order valence-corrected chi connectivity index (χ0v) is 62.0. The fraction of sp³-hybridized carbons (Fsp3) is 0.362. The molecule has 1 aliphatic heterocycles. The highest BCUT2D eigenvalue weighted by molar-refractivity contribution is 9.11. The normalized spacial score (nSPS) is 14.5. The van der Waals surface area contributed by atoms with Crippen LogP contribution in [0.1, 0.15) is 138 Å². The molecule has 7 N–H and O–H groups in total. The number of imidazole rings is 4. The molecule has 31 heteroatoms. The first-order valence-electron chi connectivity index (χ1n) is 31.8. The van der Waals surface area contributed by atoms with E-state index in [1.807, 2.05) is 145 Å². The predicted molar refractivity (Wildman–Crippen MR) is 401 cm³/mol. The molecule has 0 bridgehead atoms. The van der Waals surface area contributed by atoms with Crippen LogP contribution in [0, 0.1) is 13.8 Å². The van der Waals surface area contributed by atoms with Crippen LogP contribution in [0.2, 0.25) is 0 Å². The van der Waals surface area contributed by atoms with Gasteiger partial charge in [0.1, 0.15) is 40.6 Å². The average Bonchev–Trinajstić information content (AvgIpc) is 1.63. The van der Waals surface area contributed by atoms with Gasteiger partial charge in [-0.05, 0) is 212 Å². The molecule has 5 amide bonds. The van der Waals surface area contributed by atoms with Crippen molar-refractivity contribution >= 4 is 164 Å². The number of nitrogens with one attached hydrogen (secondary N) is 5. The van der Waals surface area contributed by atoms with Gasteiger partial charge in [0.25, 0.3) is 0 Å². The van der Waals surface area contributed by atoms with Crippen LogP contribution in [0.4, 0.5) is 44.2 Å². The van der Waals surface area contributed by atoms with Gasteiger partial charge in [0.05, 0.1) is 58.8 Å². The molecule has 0 aromatic carbocycles. The Labute approximate surface area is 610 Å². The zero-order chi connectivity index (χ0) is 71.7. The standard InChI is InChI=1S/C22H25N5O3.C15H20BN3O3.C13H17BrN2O2.C9H8BrN3O.C7H6BrN3.C2H3ClO.CH4/c1-14-19(25-22(29)30-18-6-4-3-5-7-18)10-17(11-23-14)16-8-9-21-26-20(24-15(2)28)13-27(21)12-16;1-10(20)17-12-9-19-8-11(6-7-13(19)18-12)16-21-14(2,3)15(4,5)22-16;1-9-12(7-10(14)8-15-9)16-13(17)18-11-5-3-2-4-6-11;1-6(14)11-8-5-13-4-7(10)2-3-9(13)12-8;8-5-1-2-7-10-6(9)4-11(7)3-5;1-2(3)4;/h8-13,18H,3-7H2,1-2H3,(H,24,28)(H,25,29);6-9H,1-5H3,(H,17,20);7-8,11H,2-6H2,1H3,(H,16,17);2-5H,1H3,(H,11,14);1-4H,9H2;1H3;1H4. The molecule has 0 radical (unpaired) electrons. The Bertz CT molecular complexity index is 4490. The monoisotopic (exact) mass is 1580 g/mol. The first kappa shape index (κ1) is 78.5. The fourth-order valence-corrected chi connectivity index (χ4v) is 11.4. The molecule has 2 aliphatic carbocycles. The molecule has 0 atom stereocenters.